The molecule has 2 N–H and O–H groups in total. The van der Waals surface area contributed by atoms with Crippen molar-refractivity contribution in [1.82, 2.24) is 15.6 Å². The van der Waals surface area contributed by atoms with Gasteiger partial charge < -0.3 is 15.5 Å². The molecule has 0 aliphatic carbocycles. The van der Waals surface area contributed by atoms with E-state index in [0.29, 0.717) is 17.0 Å². The molecule has 0 bridgehead atoms. The number of hydrogen-bond acceptors (Lipinski definition) is 3. The van der Waals surface area contributed by atoms with Crippen molar-refractivity contribution in [2.45, 2.75) is 39.2 Å². The van der Waals surface area contributed by atoms with Crippen molar-refractivity contribution in [2.75, 3.05) is 31.6 Å². The van der Waals surface area contributed by atoms with Crippen molar-refractivity contribution in [1.29, 1.82) is 0 Å². The number of pyridine rings is 1. The van der Waals surface area contributed by atoms with Gasteiger partial charge in [-0.3, -0.25) is 4.99 Å². The topological polar surface area (TPSA) is 52.6 Å². The molecule has 1 aliphatic rings. The Labute approximate surface area is 144 Å². The maximum absolute atomic E-state index is 6.24. The molecule has 1 aromatic rings. The van der Waals surface area contributed by atoms with E-state index in [0.717, 1.165) is 37.8 Å². The fraction of sp³-hybridized carbons (Fsp3) is 0.647. The highest BCUT2D eigenvalue weighted by molar-refractivity contribution is 6.32. The molecule has 0 saturated carbocycles. The summed E-state index contributed by atoms with van der Waals surface area (Å²) in [5, 5.41) is 7.67. The molecule has 0 spiro atoms. The van der Waals surface area contributed by atoms with E-state index in [4.69, 9.17) is 11.6 Å². The van der Waals surface area contributed by atoms with Crippen LogP contribution in [0.5, 0.6) is 0 Å². The van der Waals surface area contributed by atoms with Gasteiger partial charge in [0.05, 0.1) is 5.02 Å². The van der Waals surface area contributed by atoms with Crippen LogP contribution in [-0.4, -0.2) is 43.7 Å². The van der Waals surface area contributed by atoms with Gasteiger partial charge in [-0.25, -0.2) is 4.98 Å². The van der Waals surface area contributed by atoms with Crippen LogP contribution in [0.3, 0.4) is 0 Å². The van der Waals surface area contributed by atoms with Crippen LogP contribution in [0.15, 0.2) is 23.3 Å². The second-order valence-electron chi connectivity index (χ2n) is 6.02. The Balaban J connectivity index is 1.85. The first-order valence-corrected chi connectivity index (χ1v) is 8.88. The first-order chi connectivity index (χ1) is 11.2. The van der Waals surface area contributed by atoms with Crippen molar-refractivity contribution in [3.05, 3.63) is 23.4 Å². The molecule has 2 heterocycles. The van der Waals surface area contributed by atoms with Crippen molar-refractivity contribution >= 4 is 23.4 Å². The molecule has 1 saturated heterocycles. The molecule has 23 heavy (non-hydrogen) atoms. The summed E-state index contributed by atoms with van der Waals surface area (Å²) in [6.45, 7) is 7.28. The van der Waals surface area contributed by atoms with Crippen molar-refractivity contribution in [3.8, 4) is 0 Å². The van der Waals surface area contributed by atoms with Gasteiger partial charge in [-0.15, -0.1) is 0 Å². The molecule has 1 atom stereocenters. The van der Waals surface area contributed by atoms with Gasteiger partial charge >= 0.3 is 0 Å². The predicted molar refractivity (Wildman–Crippen MR) is 98.4 cm³/mol. The summed E-state index contributed by atoms with van der Waals surface area (Å²) in [5.41, 5.74) is 0. The van der Waals surface area contributed by atoms with Crippen molar-refractivity contribution in [2.24, 2.45) is 10.9 Å². The number of anilines is 1. The lowest BCUT2D eigenvalue weighted by atomic mass is 10.0. The number of aromatic nitrogens is 1. The highest BCUT2D eigenvalue weighted by Crippen LogP contribution is 2.25. The van der Waals surface area contributed by atoms with Crippen molar-refractivity contribution < 1.29 is 0 Å². The Kier molecular flexibility index (Phi) is 6.96. The molecular weight excluding hydrogens is 310 g/mol. The Morgan fingerprint density at radius 2 is 2.26 bits per heavy atom. The van der Waals surface area contributed by atoms with Crippen LogP contribution in [-0.2, 0) is 0 Å². The molecule has 2 rings (SSSR count). The average Bonchev–Trinajstić information content (AvgIpc) is 3.03. The highest BCUT2D eigenvalue weighted by atomic mass is 35.5. The van der Waals surface area contributed by atoms with Crippen LogP contribution in [0.1, 0.15) is 33.1 Å². The molecule has 0 aromatic carbocycles. The quantitative estimate of drug-likeness (QED) is 0.619. The zero-order valence-electron chi connectivity index (χ0n) is 14.3. The van der Waals surface area contributed by atoms with Crippen LogP contribution in [0.25, 0.3) is 0 Å². The minimum Gasteiger partial charge on any atom is -0.356 e. The minimum absolute atomic E-state index is 0.362. The fourth-order valence-corrected chi connectivity index (χ4v) is 3.13. The van der Waals surface area contributed by atoms with Gasteiger partial charge in [0.25, 0.3) is 0 Å². The van der Waals surface area contributed by atoms with E-state index >= 15 is 0 Å². The van der Waals surface area contributed by atoms with Gasteiger partial charge in [0.2, 0.25) is 0 Å². The lowest BCUT2D eigenvalue weighted by Crippen LogP contribution is -2.45. The molecule has 0 amide bonds. The SMILES string of the molecule is CCC(CC)CNC(=NC)NC1CCN(c2ncccc2Cl)C1. The molecule has 6 heteroatoms. The Hall–Kier alpha value is -1.49. The maximum Gasteiger partial charge on any atom is 0.191 e. The van der Waals surface area contributed by atoms with E-state index in [-0.39, 0.29) is 0 Å². The number of halogens is 1. The van der Waals surface area contributed by atoms with Gasteiger partial charge in [0, 0.05) is 38.9 Å². The summed E-state index contributed by atoms with van der Waals surface area (Å²) in [6.07, 6.45) is 5.22. The van der Waals surface area contributed by atoms with E-state index in [1.54, 1.807) is 6.20 Å². The average molecular weight is 338 g/mol. The molecule has 1 aliphatic heterocycles. The molecule has 0 radical (unpaired) electrons. The van der Waals surface area contributed by atoms with Gasteiger partial charge in [-0.05, 0) is 24.5 Å². The minimum atomic E-state index is 0.362. The molecule has 5 nitrogen and oxygen atoms in total. The summed E-state index contributed by atoms with van der Waals surface area (Å²) >= 11 is 6.24. The van der Waals surface area contributed by atoms with Gasteiger partial charge in [-0.1, -0.05) is 38.3 Å². The van der Waals surface area contributed by atoms with Crippen LogP contribution in [0, 0.1) is 5.92 Å². The van der Waals surface area contributed by atoms with E-state index in [9.17, 15) is 0 Å². The van der Waals surface area contributed by atoms with E-state index < -0.39 is 0 Å². The summed E-state index contributed by atoms with van der Waals surface area (Å²) in [7, 11) is 1.82. The van der Waals surface area contributed by atoms with Crippen LogP contribution >= 0.6 is 11.6 Å². The first-order valence-electron chi connectivity index (χ1n) is 8.50. The monoisotopic (exact) mass is 337 g/mol. The van der Waals surface area contributed by atoms with Crippen LogP contribution in [0.4, 0.5) is 5.82 Å². The van der Waals surface area contributed by atoms with E-state index in [1.165, 1.54) is 12.8 Å². The second-order valence-corrected chi connectivity index (χ2v) is 6.43. The highest BCUT2D eigenvalue weighted by Gasteiger charge is 2.25. The van der Waals surface area contributed by atoms with Crippen LogP contribution in [0.2, 0.25) is 5.02 Å². The normalized spacial score (nSPS) is 18.6. The summed E-state index contributed by atoms with van der Waals surface area (Å²) in [4.78, 5) is 11.0. The fourth-order valence-electron chi connectivity index (χ4n) is 2.89. The third kappa shape index (κ3) is 4.99. The smallest absolute Gasteiger partial charge is 0.191 e. The lowest BCUT2D eigenvalue weighted by Gasteiger charge is -2.21. The van der Waals surface area contributed by atoms with Gasteiger partial charge in [0.1, 0.15) is 5.82 Å². The van der Waals surface area contributed by atoms with E-state index in [2.05, 4.69) is 39.4 Å². The summed E-state index contributed by atoms with van der Waals surface area (Å²) < 4.78 is 0. The first kappa shape index (κ1) is 17.9. The Bertz CT molecular complexity index is 515. The van der Waals surface area contributed by atoms with Gasteiger partial charge in [0.15, 0.2) is 5.96 Å². The van der Waals surface area contributed by atoms with Crippen molar-refractivity contribution in [3.63, 3.8) is 0 Å². The van der Waals surface area contributed by atoms with E-state index in [1.807, 2.05) is 19.2 Å². The Morgan fingerprint density at radius 1 is 1.48 bits per heavy atom. The Morgan fingerprint density at radius 3 is 2.91 bits per heavy atom. The molecule has 1 aromatic heterocycles. The molecular formula is C17H28ClN5. The number of rotatable bonds is 6. The summed E-state index contributed by atoms with van der Waals surface area (Å²) in [5.74, 6) is 2.45. The standard InChI is InChI=1S/C17H28ClN5/c1-4-13(5-2)11-21-17(19-3)22-14-8-10-23(12-14)16-15(18)7-6-9-20-16/h6-7,9,13-14H,4-5,8,10-12H2,1-3H3,(H2,19,21,22). The number of aliphatic imine (C=N–C) groups is 1. The molecule has 1 fully saturated rings. The maximum atomic E-state index is 6.24. The lowest BCUT2D eigenvalue weighted by molar-refractivity contribution is 0.479. The zero-order chi connectivity index (χ0) is 16.7. The third-order valence-electron chi connectivity index (χ3n) is 4.50. The molecule has 1 unspecified atom stereocenters. The number of nitrogens with one attached hydrogen (secondary N) is 2. The third-order valence-corrected chi connectivity index (χ3v) is 4.80. The predicted octanol–water partition coefficient (Wildman–Crippen LogP) is 2.91. The number of guanidine groups is 1. The molecule has 128 valence electrons. The van der Waals surface area contributed by atoms with Crippen LogP contribution < -0.4 is 15.5 Å². The number of nitrogens with zero attached hydrogens (tertiary/aromatic N) is 3. The number of hydrogen-bond donors (Lipinski definition) is 2. The zero-order valence-corrected chi connectivity index (χ0v) is 15.1. The van der Waals surface area contributed by atoms with Gasteiger partial charge in [-0.2, -0.15) is 0 Å². The second kappa shape index (κ2) is 8.96. The summed E-state index contributed by atoms with van der Waals surface area (Å²) in [6, 6.07) is 4.11. The largest absolute Gasteiger partial charge is 0.356 e.